The van der Waals surface area contributed by atoms with E-state index >= 15 is 0 Å². The Bertz CT molecular complexity index is 504. The molecule has 2 rings (SSSR count). The molecule has 6 nitrogen and oxygen atoms in total. The molecule has 114 valence electrons. The van der Waals surface area contributed by atoms with Gasteiger partial charge >= 0.3 is 12.1 Å². The number of hydrogen-bond donors (Lipinski definition) is 0. The molecule has 6 heteroatoms. The predicted octanol–water partition coefficient (Wildman–Crippen LogP) is 2.24. The number of nitrogens with zero attached hydrogens (tertiary/aromatic N) is 1. The van der Waals surface area contributed by atoms with Crippen LogP contribution < -0.4 is 0 Å². The average molecular weight is 293 g/mol. The van der Waals surface area contributed by atoms with Gasteiger partial charge in [-0.25, -0.2) is 9.59 Å². The van der Waals surface area contributed by atoms with Gasteiger partial charge in [0, 0.05) is 6.54 Å². The van der Waals surface area contributed by atoms with Crippen molar-refractivity contribution in [2.75, 3.05) is 20.3 Å². The Morgan fingerprint density at radius 2 is 2.00 bits per heavy atom. The number of methoxy groups -OCH3 is 1. The summed E-state index contributed by atoms with van der Waals surface area (Å²) in [6, 6.07) is 9.18. The van der Waals surface area contributed by atoms with Crippen LogP contribution in [0.3, 0.4) is 0 Å². The van der Waals surface area contributed by atoms with Crippen LogP contribution in [0.15, 0.2) is 30.3 Å². The Hall–Kier alpha value is -2.08. The quantitative estimate of drug-likeness (QED) is 0.793. The minimum atomic E-state index is -1.11. The van der Waals surface area contributed by atoms with Gasteiger partial charge in [-0.05, 0) is 25.3 Å². The Kier molecular flexibility index (Phi) is 4.80. The van der Waals surface area contributed by atoms with E-state index < -0.39 is 17.7 Å². The molecule has 1 aliphatic rings. The van der Waals surface area contributed by atoms with E-state index in [-0.39, 0.29) is 6.61 Å². The molecule has 0 spiro atoms. The van der Waals surface area contributed by atoms with Crippen LogP contribution >= 0.6 is 0 Å². The molecule has 0 aromatic heterocycles. The topological polar surface area (TPSA) is 65.1 Å². The van der Waals surface area contributed by atoms with Crippen LogP contribution in [-0.4, -0.2) is 37.4 Å². The molecule has 1 atom stereocenters. The summed E-state index contributed by atoms with van der Waals surface area (Å²) in [5, 5.41) is 1.37. The van der Waals surface area contributed by atoms with Gasteiger partial charge in [-0.15, -0.1) is 5.06 Å². The fraction of sp³-hybridized carbons (Fsp3) is 0.467. The molecule has 1 saturated heterocycles. The zero-order valence-electron chi connectivity index (χ0n) is 12.2. The third kappa shape index (κ3) is 2.85. The third-order valence-electron chi connectivity index (χ3n) is 3.55. The van der Waals surface area contributed by atoms with Crippen molar-refractivity contribution in [2.24, 2.45) is 0 Å². The summed E-state index contributed by atoms with van der Waals surface area (Å²) in [6.45, 7) is 2.35. The molecule has 0 saturated carbocycles. The summed E-state index contributed by atoms with van der Waals surface area (Å²) in [7, 11) is 1.33. The molecule has 1 aliphatic heterocycles. The minimum Gasteiger partial charge on any atom is -0.467 e. The normalized spacial score (nSPS) is 21.8. The average Bonchev–Trinajstić information content (AvgIpc) is 2.92. The summed E-state index contributed by atoms with van der Waals surface area (Å²) in [5.74, 6) is -0.449. The van der Waals surface area contributed by atoms with Crippen molar-refractivity contribution in [2.45, 2.75) is 25.3 Å². The maximum atomic E-state index is 12.4. The van der Waals surface area contributed by atoms with Gasteiger partial charge in [0.2, 0.25) is 0 Å². The lowest BCUT2D eigenvalue weighted by Gasteiger charge is -2.33. The summed E-state index contributed by atoms with van der Waals surface area (Å²) in [6.07, 6.45) is 0.413. The predicted molar refractivity (Wildman–Crippen MR) is 74.2 cm³/mol. The molecular weight excluding hydrogens is 274 g/mol. The smallest absolute Gasteiger partial charge is 0.467 e. The van der Waals surface area contributed by atoms with Gasteiger partial charge in [0.1, 0.15) is 0 Å². The van der Waals surface area contributed by atoms with Crippen LogP contribution in [0.1, 0.15) is 25.3 Å². The summed E-state index contributed by atoms with van der Waals surface area (Å²) in [4.78, 5) is 29.2. The van der Waals surface area contributed by atoms with E-state index in [1.165, 1.54) is 12.2 Å². The Morgan fingerprint density at radius 1 is 1.29 bits per heavy atom. The molecule has 0 N–H and O–H groups in total. The highest BCUT2D eigenvalue weighted by Crippen LogP contribution is 2.40. The molecule has 1 aromatic rings. The zero-order chi connectivity index (χ0) is 15.3. The molecule has 1 heterocycles. The summed E-state index contributed by atoms with van der Waals surface area (Å²) in [5.41, 5.74) is -0.374. The molecule has 0 aliphatic carbocycles. The van der Waals surface area contributed by atoms with E-state index in [0.717, 1.165) is 5.56 Å². The van der Waals surface area contributed by atoms with E-state index in [1.807, 2.05) is 30.3 Å². The third-order valence-corrected chi connectivity index (χ3v) is 3.55. The van der Waals surface area contributed by atoms with Crippen molar-refractivity contribution >= 4 is 12.1 Å². The maximum absolute atomic E-state index is 12.4. The molecule has 0 bridgehead atoms. The lowest BCUT2D eigenvalue weighted by molar-refractivity contribution is -0.198. The first-order valence-electron chi connectivity index (χ1n) is 6.91. The number of esters is 1. The highest BCUT2D eigenvalue weighted by molar-refractivity contribution is 5.83. The van der Waals surface area contributed by atoms with Gasteiger partial charge in [0.25, 0.3) is 0 Å². The number of hydroxylamine groups is 2. The second-order valence-corrected chi connectivity index (χ2v) is 4.70. The second kappa shape index (κ2) is 6.58. The van der Waals surface area contributed by atoms with Gasteiger partial charge in [0.15, 0.2) is 5.54 Å². The van der Waals surface area contributed by atoms with Crippen molar-refractivity contribution in [1.82, 2.24) is 5.06 Å². The standard InChI is InChI=1S/C15H19NO5/c1-3-20-14(18)21-16-11-7-10-15(16,13(17)19-2)12-8-5-4-6-9-12/h4-6,8-9H,3,7,10-11H2,1-2H3/t15-/m0/s1. The van der Waals surface area contributed by atoms with E-state index in [9.17, 15) is 9.59 Å². The van der Waals surface area contributed by atoms with Crippen molar-refractivity contribution in [3.05, 3.63) is 35.9 Å². The lowest BCUT2D eigenvalue weighted by atomic mass is 9.88. The molecule has 0 radical (unpaired) electrons. The van der Waals surface area contributed by atoms with Crippen LogP contribution in [0.25, 0.3) is 0 Å². The fourth-order valence-electron chi connectivity index (χ4n) is 2.64. The van der Waals surface area contributed by atoms with Crippen molar-refractivity contribution < 1.29 is 23.9 Å². The van der Waals surface area contributed by atoms with Crippen molar-refractivity contribution in [1.29, 1.82) is 0 Å². The molecule has 0 amide bonds. The fourth-order valence-corrected chi connectivity index (χ4v) is 2.64. The molecule has 0 unspecified atom stereocenters. The van der Waals surface area contributed by atoms with Crippen LogP contribution in [0, 0.1) is 0 Å². The molecular formula is C15H19NO5. The van der Waals surface area contributed by atoms with Crippen molar-refractivity contribution in [3.8, 4) is 0 Å². The van der Waals surface area contributed by atoms with Crippen LogP contribution in [0.5, 0.6) is 0 Å². The summed E-state index contributed by atoms with van der Waals surface area (Å²) < 4.78 is 9.74. The second-order valence-electron chi connectivity index (χ2n) is 4.70. The molecule has 1 fully saturated rings. The number of ether oxygens (including phenoxy) is 2. The number of rotatable bonds is 4. The maximum Gasteiger partial charge on any atom is 0.527 e. The minimum absolute atomic E-state index is 0.212. The molecule has 21 heavy (non-hydrogen) atoms. The molecule has 1 aromatic carbocycles. The Balaban J connectivity index is 2.35. The van der Waals surface area contributed by atoms with Crippen LogP contribution in [-0.2, 0) is 24.6 Å². The number of hydrogen-bond acceptors (Lipinski definition) is 6. The van der Waals surface area contributed by atoms with E-state index in [1.54, 1.807) is 6.92 Å². The SMILES string of the molecule is CCOC(=O)ON1CCC[C@@]1(C(=O)OC)c1ccccc1. The number of benzene rings is 1. The van der Waals surface area contributed by atoms with Crippen molar-refractivity contribution in [3.63, 3.8) is 0 Å². The van der Waals surface area contributed by atoms with E-state index in [0.29, 0.717) is 19.4 Å². The highest BCUT2D eigenvalue weighted by atomic mass is 16.8. The highest BCUT2D eigenvalue weighted by Gasteiger charge is 2.52. The Morgan fingerprint density at radius 3 is 2.62 bits per heavy atom. The van der Waals surface area contributed by atoms with Gasteiger partial charge in [-0.3, -0.25) is 0 Å². The van der Waals surface area contributed by atoms with Gasteiger partial charge in [0.05, 0.1) is 13.7 Å². The van der Waals surface area contributed by atoms with Gasteiger partial charge in [-0.2, -0.15) is 0 Å². The van der Waals surface area contributed by atoms with E-state index in [2.05, 4.69) is 0 Å². The summed E-state index contributed by atoms with van der Waals surface area (Å²) >= 11 is 0. The van der Waals surface area contributed by atoms with Gasteiger partial charge in [-0.1, -0.05) is 30.3 Å². The first-order chi connectivity index (χ1) is 10.1. The Labute approximate surface area is 123 Å². The van der Waals surface area contributed by atoms with Crippen LogP contribution in [0.4, 0.5) is 4.79 Å². The largest absolute Gasteiger partial charge is 0.527 e. The first kappa shape index (κ1) is 15.3. The lowest BCUT2D eigenvalue weighted by Crippen LogP contribution is -2.49. The first-order valence-corrected chi connectivity index (χ1v) is 6.91. The zero-order valence-corrected chi connectivity index (χ0v) is 12.2. The monoisotopic (exact) mass is 293 g/mol. The number of carbonyl (C=O) groups is 2. The van der Waals surface area contributed by atoms with Gasteiger partial charge < -0.3 is 14.3 Å². The van der Waals surface area contributed by atoms with E-state index in [4.69, 9.17) is 14.3 Å². The number of carbonyl (C=O) groups excluding carboxylic acids is 2. The van der Waals surface area contributed by atoms with Crippen LogP contribution in [0.2, 0.25) is 0 Å².